The van der Waals surface area contributed by atoms with Gasteiger partial charge in [0.1, 0.15) is 0 Å². The monoisotopic (exact) mass is 538 g/mol. The topological polar surface area (TPSA) is 169 Å². The number of aromatic nitrogens is 3. The summed E-state index contributed by atoms with van der Waals surface area (Å²) in [5.74, 6) is 1.02. The molecule has 0 radical (unpaired) electrons. The molecule has 39 heavy (non-hydrogen) atoms. The molecule has 0 atom stereocenters. The zero-order chi connectivity index (χ0) is 27.5. The van der Waals surface area contributed by atoms with Crippen LogP contribution in [0.15, 0.2) is 54.6 Å². The van der Waals surface area contributed by atoms with Gasteiger partial charge in [-0.25, -0.2) is 0 Å². The Balaban J connectivity index is 1.46. The van der Waals surface area contributed by atoms with E-state index in [-0.39, 0.29) is 12.5 Å². The molecular weight excluding hydrogens is 500 g/mol. The van der Waals surface area contributed by atoms with Gasteiger partial charge in [-0.05, 0) is 29.7 Å². The number of carbonyl (C=O) groups is 1. The van der Waals surface area contributed by atoms with E-state index in [9.17, 15) is 4.79 Å². The molecule has 0 aliphatic heterocycles. The number of amides is 1. The van der Waals surface area contributed by atoms with Crippen LogP contribution in [0.3, 0.4) is 0 Å². The summed E-state index contributed by atoms with van der Waals surface area (Å²) in [4.78, 5) is 25.6. The van der Waals surface area contributed by atoms with E-state index in [1.54, 1.807) is 12.1 Å². The maximum Gasteiger partial charge on any atom is 0.251 e. The van der Waals surface area contributed by atoms with E-state index in [1.165, 1.54) is 5.56 Å². The predicted molar refractivity (Wildman–Crippen MR) is 151 cm³/mol. The minimum Gasteiger partial charge on any atom is -0.395 e. The summed E-state index contributed by atoms with van der Waals surface area (Å²) in [6.07, 6.45) is 0.825. The first kappa shape index (κ1) is 29.7. The average Bonchev–Trinajstić information content (AvgIpc) is 2.97. The van der Waals surface area contributed by atoms with Crippen molar-refractivity contribution in [3.8, 4) is 0 Å². The molecule has 3 aromatic rings. The smallest absolute Gasteiger partial charge is 0.251 e. The van der Waals surface area contributed by atoms with Gasteiger partial charge in [0.05, 0.1) is 33.0 Å². The molecule has 0 unspecified atom stereocenters. The first-order valence-corrected chi connectivity index (χ1v) is 13.0. The SMILES string of the molecule is NCCOCCOCCNC(=O)c1ccc(CNc2nc(NCCO)nc(NCCc3ccccc3)n2)cc1. The van der Waals surface area contributed by atoms with Crippen LogP contribution < -0.4 is 27.0 Å². The highest BCUT2D eigenvalue weighted by Gasteiger charge is 2.08. The number of rotatable bonds is 19. The van der Waals surface area contributed by atoms with Gasteiger partial charge in [0.2, 0.25) is 17.8 Å². The van der Waals surface area contributed by atoms with Crippen molar-refractivity contribution in [1.82, 2.24) is 20.3 Å². The molecule has 0 saturated carbocycles. The summed E-state index contributed by atoms with van der Waals surface area (Å²) in [5, 5.41) is 21.4. The molecule has 0 aliphatic rings. The van der Waals surface area contributed by atoms with Gasteiger partial charge in [-0.15, -0.1) is 0 Å². The van der Waals surface area contributed by atoms with Crippen LogP contribution in [0.4, 0.5) is 17.8 Å². The van der Waals surface area contributed by atoms with Crippen LogP contribution in [0.2, 0.25) is 0 Å². The molecule has 1 heterocycles. The number of nitrogens with one attached hydrogen (secondary N) is 4. The number of aliphatic hydroxyl groups is 1. The second kappa shape index (κ2) is 17.6. The molecule has 1 aromatic heterocycles. The Morgan fingerprint density at radius 1 is 0.744 bits per heavy atom. The Kier molecular flexibility index (Phi) is 13.4. The summed E-state index contributed by atoms with van der Waals surface area (Å²) in [7, 11) is 0. The highest BCUT2D eigenvalue weighted by atomic mass is 16.5. The first-order chi connectivity index (χ1) is 19.2. The number of benzene rings is 2. The van der Waals surface area contributed by atoms with Crippen LogP contribution in [0.25, 0.3) is 0 Å². The van der Waals surface area contributed by atoms with E-state index in [0.717, 1.165) is 12.0 Å². The third-order valence-corrected chi connectivity index (χ3v) is 5.40. The molecule has 0 aliphatic carbocycles. The van der Waals surface area contributed by atoms with E-state index in [1.807, 2.05) is 30.3 Å². The van der Waals surface area contributed by atoms with E-state index in [0.29, 0.717) is 82.6 Å². The van der Waals surface area contributed by atoms with Gasteiger partial charge in [-0.1, -0.05) is 42.5 Å². The second-order valence-corrected chi connectivity index (χ2v) is 8.44. The zero-order valence-corrected chi connectivity index (χ0v) is 22.1. The van der Waals surface area contributed by atoms with Gasteiger partial charge in [-0.2, -0.15) is 15.0 Å². The maximum atomic E-state index is 12.4. The lowest BCUT2D eigenvalue weighted by atomic mass is 10.1. The first-order valence-electron chi connectivity index (χ1n) is 13.0. The van der Waals surface area contributed by atoms with Crippen molar-refractivity contribution in [2.45, 2.75) is 13.0 Å². The van der Waals surface area contributed by atoms with Crippen molar-refractivity contribution in [1.29, 1.82) is 0 Å². The third-order valence-electron chi connectivity index (χ3n) is 5.40. The Morgan fingerprint density at radius 3 is 2.05 bits per heavy atom. The number of ether oxygens (including phenoxy) is 2. The number of nitrogens with two attached hydrogens (primary N) is 1. The van der Waals surface area contributed by atoms with Crippen molar-refractivity contribution < 1.29 is 19.4 Å². The molecule has 0 bridgehead atoms. The fourth-order valence-electron chi connectivity index (χ4n) is 3.44. The molecule has 1 amide bonds. The Hall–Kier alpha value is -3.84. The average molecular weight is 539 g/mol. The summed E-state index contributed by atoms with van der Waals surface area (Å²) < 4.78 is 10.6. The van der Waals surface area contributed by atoms with Crippen LogP contribution in [0, 0.1) is 0 Å². The van der Waals surface area contributed by atoms with Crippen LogP contribution in [-0.2, 0) is 22.4 Å². The number of nitrogens with zero attached hydrogens (tertiary/aromatic N) is 3. The molecule has 0 spiro atoms. The molecule has 7 N–H and O–H groups in total. The second-order valence-electron chi connectivity index (χ2n) is 8.44. The summed E-state index contributed by atoms with van der Waals surface area (Å²) in [5.41, 5.74) is 8.08. The van der Waals surface area contributed by atoms with Gasteiger partial charge in [-0.3, -0.25) is 4.79 Å². The largest absolute Gasteiger partial charge is 0.395 e. The highest BCUT2D eigenvalue weighted by molar-refractivity contribution is 5.94. The maximum absolute atomic E-state index is 12.4. The molecule has 12 nitrogen and oxygen atoms in total. The quantitative estimate of drug-likeness (QED) is 0.122. The normalized spacial score (nSPS) is 10.7. The van der Waals surface area contributed by atoms with E-state index in [4.69, 9.17) is 20.3 Å². The third kappa shape index (κ3) is 11.6. The van der Waals surface area contributed by atoms with Crippen molar-refractivity contribution >= 4 is 23.8 Å². The standard InChI is InChI=1S/C27H38N8O4/c28-11-16-38-18-19-39-17-14-29-24(37)23-8-6-22(7-9-23)20-32-27-34-25(33-26(35-27)31-13-15-36)30-12-10-21-4-2-1-3-5-21/h1-9,36H,10-20,28H2,(H,29,37)(H3,30,31,32,33,34,35). The van der Waals surface area contributed by atoms with Crippen molar-refractivity contribution in [2.75, 3.05) is 75.2 Å². The van der Waals surface area contributed by atoms with Gasteiger partial charge in [0.15, 0.2) is 0 Å². The van der Waals surface area contributed by atoms with Crippen LogP contribution in [0.5, 0.6) is 0 Å². The fourth-order valence-corrected chi connectivity index (χ4v) is 3.44. The Labute approximate surface area is 228 Å². The van der Waals surface area contributed by atoms with Crippen molar-refractivity contribution in [3.05, 3.63) is 71.3 Å². The zero-order valence-electron chi connectivity index (χ0n) is 22.1. The summed E-state index contributed by atoms with van der Waals surface area (Å²) in [6, 6.07) is 17.4. The van der Waals surface area contributed by atoms with Crippen LogP contribution in [-0.4, -0.2) is 85.2 Å². The number of hydrogen-bond acceptors (Lipinski definition) is 11. The lowest BCUT2D eigenvalue weighted by molar-refractivity contribution is 0.0511. The van der Waals surface area contributed by atoms with Gasteiger partial charge >= 0.3 is 0 Å². The minimum atomic E-state index is -0.166. The lowest BCUT2D eigenvalue weighted by Crippen LogP contribution is -2.27. The molecule has 3 rings (SSSR count). The van der Waals surface area contributed by atoms with E-state index in [2.05, 4.69) is 48.4 Å². The van der Waals surface area contributed by atoms with Crippen molar-refractivity contribution in [2.24, 2.45) is 5.73 Å². The van der Waals surface area contributed by atoms with Crippen LogP contribution >= 0.6 is 0 Å². The lowest BCUT2D eigenvalue weighted by Gasteiger charge is -2.11. The van der Waals surface area contributed by atoms with Gasteiger partial charge in [0.25, 0.3) is 5.91 Å². The van der Waals surface area contributed by atoms with E-state index < -0.39 is 0 Å². The Bertz CT molecular complexity index is 1100. The fraction of sp³-hybridized carbons (Fsp3) is 0.407. The molecular formula is C27H38N8O4. The van der Waals surface area contributed by atoms with Crippen LogP contribution in [0.1, 0.15) is 21.5 Å². The molecule has 210 valence electrons. The van der Waals surface area contributed by atoms with Crippen molar-refractivity contribution in [3.63, 3.8) is 0 Å². The minimum absolute atomic E-state index is 0.0393. The molecule has 0 saturated heterocycles. The van der Waals surface area contributed by atoms with E-state index >= 15 is 0 Å². The number of aliphatic hydroxyl groups excluding tert-OH is 1. The highest BCUT2D eigenvalue weighted by Crippen LogP contribution is 2.12. The number of hydrogen-bond donors (Lipinski definition) is 6. The molecule has 2 aromatic carbocycles. The Morgan fingerprint density at radius 2 is 1.38 bits per heavy atom. The summed E-state index contributed by atoms with van der Waals surface area (Å²) >= 11 is 0. The number of anilines is 3. The van der Waals surface area contributed by atoms with Gasteiger partial charge in [0, 0.05) is 38.3 Å². The molecule has 12 heteroatoms. The summed E-state index contributed by atoms with van der Waals surface area (Å²) in [6.45, 7) is 4.16. The molecule has 0 fully saturated rings. The predicted octanol–water partition coefficient (Wildman–Crippen LogP) is 1.26. The number of carbonyl (C=O) groups excluding carboxylic acids is 1. The van der Waals surface area contributed by atoms with Gasteiger partial charge < -0.3 is 41.6 Å².